The van der Waals surface area contributed by atoms with Crippen molar-refractivity contribution in [1.82, 2.24) is 0 Å². The molecule has 0 amide bonds. The van der Waals surface area contributed by atoms with Gasteiger partial charge in [-0.2, -0.15) is 0 Å². The highest BCUT2D eigenvalue weighted by atomic mass is 35.5. The summed E-state index contributed by atoms with van der Waals surface area (Å²) in [5, 5.41) is 0. The van der Waals surface area contributed by atoms with Crippen molar-refractivity contribution in [2.24, 2.45) is 5.73 Å². The van der Waals surface area contributed by atoms with Crippen LogP contribution in [0.2, 0.25) is 0 Å². The van der Waals surface area contributed by atoms with Crippen LogP contribution in [0.4, 0.5) is 0 Å². The van der Waals surface area contributed by atoms with Gasteiger partial charge in [0.1, 0.15) is 6.10 Å². The predicted octanol–water partition coefficient (Wildman–Crippen LogP) is 3.72. The second-order valence-electron chi connectivity index (χ2n) is 5.07. The third-order valence-electron chi connectivity index (χ3n) is 3.42. The van der Waals surface area contributed by atoms with Crippen LogP contribution in [0.25, 0.3) is 0 Å². The van der Waals surface area contributed by atoms with Crippen molar-refractivity contribution in [2.75, 3.05) is 6.54 Å². The van der Waals surface area contributed by atoms with Gasteiger partial charge < -0.3 is 15.2 Å². The Kier molecular flexibility index (Phi) is 9.25. The van der Waals surface area contributed by atoms with Crippen LogP contribution in [-0.4, -0.2) is 18.8 Å². The zero-order valence-corrected chi connectivity index (χ0v) is 14.0. The fourth-order valence-electron chi connectivity index (χ4n) is 2.17. The van der Waals surface area contributed by atoms with Crippen LogP contribution >= 0.6 is 12.4 Å². The van der Waals surface area contributed by atoms with Gasteiger partial charge in [-0.3, -0.25) is 0 Å². The molecular weight excluding hydrogens is 310 g/mol. The van der Waals surface area contributed by atoms with E-state index in [1.165, 1.54) is 0 Å². The summed E-state index contributed by atoms with van der Waals surface area (Å²) in [6, 6.07) is 20.1. The van der Waals surface area contributed by atoms with Gasteiger partial charge in [0.15, 0.2) is 0 Å². The maximum absolute atomic E-state index is 5.90. The molecule has 2 atom stereocenters. The van der Waals surface area contributed by atoms with Crippen LogP contribution in [0.1, 0.15) is 11.1 Å². The minimum absolute atomic E-state index is 0. The molecule has 0 aliphatic carbocycles. The molecule has 4 heteroatoms. The Morgan fingerprint density at radius 1 is 0.870 bits per heavy atom. The van der Waals surface area contributed by atoms with Crippen molar-refractivity contribution in [3.8, 4) is 0 Å². The largest absolute Gasteiger partial charge is 0.369 e. The van der Waals surface area contributed by atoms with Gasteiger partial charge in [0.05, 0.1) is 19.3 Å². The zero-order valence-electron chi connectivity index (χ0n) is 13.1. The first kappa shape index (κ1) is 19.4. The van der Waals surface area contributed by atoms with Crippen LogP contribution in [-0.2, 0) is 22.7 Å². The molecule has 2 aromatic carbocycles. The van der Waals surface area contributed by atoms with Crippen molar-refractivity contribution in [2.45, 2.75) is 25.4 Å². The molecule has 124 valence electrons. The quantitative estimate of drug-likeness (QED) is 0.711. The van der Waals surface area contributed by atoms with Gasteiger partial charge in [-0.05, 0) is 11.1 Å². The molecule has 0 bridgehead atoms. The zero-order chi connectivity index (χ0) is 15.6. The molecule has 0 unspecified atom stereocenters. The van der Waals surface area contributed by atoms with Crippen LogP contribution in [0.3, 0.4) is 0 Å². The minimum Gasteiger partial charge on any atom is -0.369 e. The van der Waals surface area contributed by atoms with Gasteiger partial charge in [0.25, 0.3) is 0 Å². The Morgan fingerprint density at radius 2 is 1.35 bits per heavy atom. The molecule has 0 heterocycles. The fourth-order valence-corrected chi connectivity index (χ4v) is 2.17. The number of hydrogen-bond donors (Lipinski definition) is 1. The Balaban J connectivity index is 0.00000264. The van der Waals surface area contributed by atoms with Gasteiger partial charge in [-0.25, -0.2) is 0 Å². The average molecular weight is 334 g/mol. The summed E-state index contributed by atoms with van der Waals surface area (Å²) in [5.74, 6) is 0. The van der Waals surface area contributed by atoms with Crippen molar-refractivity contribution in [3.05, 3.63) is 84.4 Å². The Morgan fingerprint density at radius 3 is 1.78 bits per heavy atom. The van der Waals surface area contributed by atoms with Crippen LogP contribution < -0.4 is 5.73 Å². The monoisotopic (exact) mass is 333 g/mol. The molecule has 0 aliphatic rings. The molecule has 0 radical (unpaired) electrons. The summed E-state index contributed by atoms with van der Waals surface area (Å²) in [7, 11) is 0. The molecule has 2 aromatic rings. The second kappa shape index (κ2) is 11.0. The van der Waals surface area contributed by atoms with Gasteiger partial charge >= 0.3 is 0 Å². The lowest BCUT2D eigenvalue weighted by atomic mass is 10.2. The molecule has 2 rings (SSSR count). The highest BCUT2D eigenvalue weighted by Gasteiger charge is 2.19. The molecule has 2 N–H and O–H groups in total. The van der Waals surface area contributed by atoms with E-state index >= 15 is 0 Å². The molecule has 0 fully saturated rings. The number of halogens is 1. The van der Waals surface area contributed by atoms with Crippen molar-refractivity contribution >= 4 is 12.4 Å². The molecule has 23 heavy (non-hydrogen) atoms. The smallest absolute Gasteiger partial charge is 0.103 e. The van der Waals surface area contributed by atoms with E-state index in [9.17, 15) is 0 Å². The predicted molar refractivity (Wildman–Crippen MR) is 96.5 cm³/mol. The van der Waals surface area contributed by atoms with Crippen molar-refractivity contribution in [3.63, 3.8) is 0 Å². The SMILES string of the molecule is C=C[C@@H](OCc1ccccc1)[C@@H](CN)OCc1ccccc1.Cl. The summed E-state index contributed by atoms with van der Waals surface area (Å²) in [6.07, 6.45) is 1.32. The number of nitrogens with two attached hydrogens (primary N) is 1. The van der Waals surface area contributed by atoms with Crippen molar-refractivity contribution < 1.29 is 9.47 Å². The number of rotatable bonds is 9. The fraction of sp³-hybridized carbons (Fsp3) is 0.263. The van der Waals surface area contributed by atoms with E-state index in [1.807, 2.05) is 60.7 Å². The topological polar surface area (TPSA) is 44.5 Å². The maximum atomic E-state index is 5.90. The summed E-state index contributed by atoms with van der Waals surface area (Å²) in [4.78, 5) is 0. The third kappa shape index (κ3) is 6.55. The molecule has 0 spiro atoms. The molecule has 0 aliphatic heterocycles. The van der Waals surface area contributed by atoms with Crippen LogP contribution in [0.5, 0.6) is 0 Å². The Labute approximate surface area is 144 Å². The lowest BCUT2D eigenvalue weighted by Crippen LogP contribution is -2.36. The summed E-state index contributed by atoms with van der Waals surface area (Å²) in [6.45, 7) is 5.26. The lowest BCUT2D eigenvalue weighted by Gasteiger charge is -2.24. The van der Waals surface area contributed by atoms with Crippen LogP contribution in [0, 0.1) is 0 Å². The molecule has 0 saturated carbocycles. The minimum atomic E-state index is -0.228. The molecule has 0 aromatic heterocycles. The average Bonchev–Trinajstić information content (AvgIpc) is 2.59. The molecule has 3 nitrogen and oxygen atoms in total. The first-order valence-corrected chi connectivity index (χ1v) is 7.47. The van der Waals surface area contributed by atoms with Gasteiger partial charge in [0.2, 0.25) is 0 Å². The summed E-state index contributed by atoms with van der Waals surface area (Å²) >= 11 is 0. The van der Waals surface area contributed by atoms with E-state index in [0.717, 1.165) is 11.1 Å². The van der Waals surface area contributed by atoms with E-state index in [4.69, 9.17) is 15.2 Å². The molecular formula is C19H24ClNO2. The van der Waals surface area contributed by atoms with E-state index < -0.39 is 0 Å². The number of ether oxygens (including phenoxy) is 2. The van der Waals surface area contributed by atoms with E-state index in [2.05, 4.69) is 6.58 Å². The Hall–Kier alpha value is -1.65. The maximum Gasteiger partial charge on any atom is 0.103 e. The second-order valence-corrected chi connectivity index (χ2v) is 5.07. The lowest BCUT2D eigenvalue weighted by molar-refractivity contribution is -0.0597. The number of benzene rings is 2. The highest BCUT2D eigenvalue weighted by Crippen LogP contribution is 2.12. The summed E-state index contributed by atoms with van der Waals surface area (Å²) < 4.78 is 11.8. The molecule has 0 saturated heterocycles. The van der Waals surface area contributed by atoms with Gasteiger partial charge in [-0.1, -0.05) is 66.7 Å². The third-order valence-corrected chi connectivity index (χ3v) is 3.42. The highest BCUT2D eigenvalue weighted by molar-refractivity contribution is 5.85. The first-order chi connectivity index (χ1) is 10.8. The number of hydrogen-bond acceptors (Lipinski definition) is 3. The van der Waals surface area contributed by atoms with E-state index in [0.29, 0.717) is 19.8 Å². The summed E-state index contributed by atoms with van der Waals surface area (Å²) in [5.41, 5.74) is 8.07. The van der Waals surface area contributed by atoms with Gasteiger partial charge in [-0.15, -0.1) is 19.0 Å². The normalized spacial score (nSPS) is 12.9. The van der Waals surface area contributed by atoms with Gasteiger partial charge in [0, 0.05) is 6.54 Å². The first-order valence-electron chi connectivity index (χ1n) is 7.47. The van der Waals surface area contributed by atoms with E-state index in [-0.39, 0.29) is 24.6 Å². The van der Waals surface area contributed by atoms with E-state index in [1.54, 1.807) is 6.08 Å². The van der Waals surface area contributed by atoms with Crippen molar-refractivity contribution in [1.29, 1.82) is 0 Å². The Bertz CT molecular complexity index is 548. The van der Waals surface area contributed by atoms with Crippen LogP contribution in [0.15, 0.2) is 73.3 Å². The standard InChI is InChI=1S/C19H23NO2.ClH/c1-2-18(21-14-16-9-5-3-6-10-16)19(13-20)22-15-17-11-7-4-8-12-17;/h2-12,18-19H,1,13-15,20H2;1H/t18-,19-;/m1./s1.